The van der Waals surface area contributed by atoms with Crippen molar-refractivity contribution in [3.05, 3.63) is 46.5 Å². The van der Waals surface area contributed by atoms with Crippen LogP contribution in [-0.2, 0) is 12.7 Å². The zero-order valence-corrected chi connectivity index (χ0v) is 14.9. The van der Waals surface area contributed by atoms with Crippen molar-refractivity contribution < 1.29 is 13.2 Å². The fourth-order valence-corrected chi connectivity index (χ4v) is 3.30. The van der Waals surface area contributed by atoms with Crippen LogP contribution in [0, 0.1) is 0 Å². The molecule has 0 aliphatic carbocycles. The number of pyridine rings is 1. The molecule has 5 nitrogen and oxygen atoms in total. The fourth-order valence-electron chi connectivity index (χ4n) is 2.89. The van der Waals surface area contributed by atoms with Gasteiger partial charge < -0.3 is 5.32 Å². The highest BCUT2D eigenvalue weighted by molar-refractivity contribution is 9.10. The average molecular weight is 416 g/mol. The molecule has 1 aliphatic rings. The van der Waals surface area contributed by atoms with Crippen LogP contribution in [0.25, 0.3) is 0 Å². The van der Waals surface area contributed by atoms with Gasteiger partial charge in [-0.2, -0.15) is 13.2 Å². The highest BCUT2D eigenvalue weighted by Crippen LogP contribution is 2.28. The Morgan fingerprint density at radius 3 is 2.92 bits per heavy atom. The van der Waals surface area contributed by atoms with Crippen molar-refractivity contribution >= 4 is 21.9 Å². The third kappa shape index (κ3) is 5.12. The fraction of sp³-hybridized carbons (Fsp3) is 0.438. The van der Waals surface area contributed by atoms with Crippen LogP contribution in [0.4, 0.5) is 19.1 Å². The SMILES string of the molecule is FC(F)(F)c1ccnc(NC2CCCN(Cc3cncc(Br)c3)C2)n1. The van der Waals surface area contributed by atoms with Crippen LogP contribution in [0.1, 0.15) is 24.1 Å². The quantitative estimate of drug-likeness (QED) is 0.824. The molecule has 1 unspecified atom stereocenters. The minimum Gasteiger partial charge on any atom is -0.350 e. The number of alkyl halides is 3. The van der Waals surface area contributed by atoms with Crippen LogP contribution >= 0.6 is 15.9 Å². The molecule has 0 saturated carbocycles. The molecular weight excluding hydrogens is 399 g/mol. The predicted octanol–water partition coefficient (Wildman–Crippen LogP) is 3.73. The lowest BCUT2D eigenvalue weighted by atomic mass is 10.1. The van der Waals surface area contributed by atoms with Gasteiger partial charge in [0, 0.05) is 42.2 Å². The van der Waals surface area contributed by atoms with Gasteiger partial charge in [0.05, 0.1) is 0 Å². The van der Waals surface area contributed by atoms with E-state index in [2.05, 4.69) is 41.1 Å². The Hall–Kier alpha value is -1.74. The molecule has 9 heteroatoms. The van der Waals surface area contributed by atoms with Gasteiger partial charge in [-0.25, -0.2) is 9.97 Å². The molecule has 1 atom stereocenters. The van der Waals surface area contributed by atoms with Gasteiger partial charge in [-0.3, -0.25) is 9.88 Å². The summed E-state index contributed by atoms with van der Waals surface area (Å²) in [7, 11) is 0. The number of halogens is 4. The molecule has 3 rings (SSSR count). The zero-order chi connectivity index (χ0) is 17.9. The topological polar surface area (TPSA) is 53.9 Å². The van der Waals surface area contributed by atoms with Crippen molar-refractivity contribution in [3.63, 3.8) is 0 Å². The van der Waals surface area contributed by atoms with Gasteiger partial charge in [-0.15, -0.1) is 0 Å². The number of rotatable bonds is 4. The minimum absolute atomic E-state index is 0.0114. The van der Waals surface area contributed by atoms with E-state index in [-0.39, 0.29) is 12.0 Å². The van der Waals surface area contributed by atoms with E-state index in [9.17, 15) is 13.2 Å². The summed E-state index contributed by atoms with van der Waals surface area (Å²) in [5.41, 5.74) is 0.156. The lowest BCUT2D eigenvalue weighted by Crippen LogP contribution is -2.42. The van der Waals surface area contributed by atoms with Crippen molar-refractivity contribution in [1.29, 1.82) is 0 Å². The number of likely N-dealkylation sites (tertiary alicyclic amines) is 1. The monoisotopic (exact) mass is 415 g/mol. The maximum absolute atomic E-state index is 12.7. The van der Waals surface area contributed by atoms with Gasteiger partial charge in [0.25, 0.3) is 0 Å². The molecular formula is C16H17BrF3N5. The molecule has 0 aromatic carbocycles. The minimum atomic E-state index is -4.47. The molecule has 0 bridgehead atoms. The number of piperidine rings is 1. The Kier molecular flexibility index (Phi) is 5.53. The molecule has 134 valence electrons. The molecule has 2 aromatic rings. The summed E-state index contributed by atoms with van der Waals surface area (Å²) in [6.45, 7) is 2.40. The van der Waals surface area contributed by atoms with Crippen molar-refractivity contribution in [3.8, 4) is 0 Å². The first-order valence-corrected chi connectivity index (χ1v) is 8.68. The first kappa shape index (κ1) is 18.1. The molecule has 0 amide bonds. The molecule has 1 fully saturated rings. The maximum Gasteiger partial charge on any atom is 0.433 e. The van der Waals surface area contributed by atoms with Gasteiger partial charge in [0.1, 0.15) is 5.69 Å². The van der Waals surface area contributed by atoms with Gasteiger partial charge in [0.15, 0.2) is 0 Å². The summed E-state index contributed by atoms with van der Waals surface area (Å²) >= 11 is 3.40. The number of hydrogen-bond donors (Lipinski definition) is 1. The Bertz CT molecular complexity index is 725. The van der Waals surface area contributed by atoms with E-state index < -0.39 is 11.9 Å². The van der Waals surface area contributed by atoms with E-state index in [1.807, 2.05) is 12.3 Å². The third-order valence-electron chi connectivity index (χ3n) is 3.95. The lowest BCUT2D eigenvalue weighted by molar-refractivity contribution is -0.141. The van der Waals surface area contributed by atoms with Gasteiger partial charge in [0.2, 0.25) is 5.95 Å². The van der Waals surface area contributed by atoms with Gasteiger partial charge >= 0.3 is 6.18 Å². The Morgan fingerprint density at radius 1 is 1.32 bits per heavy atom. The smallest absolute Gasteiger partial charge is 0.350 e. The molecule has 1 aliphatic heterocycles. The predicted molar refractivity (Wildman–Crippen MR) is 90.9 cm³/mol. The second-order valence-electron chi connectivity index (χ2n) is 5.99. The molecule has 1 saturated heterocycles. The van der Waals surface area contributed by atoms with Crippen LogP contribution < -0.4 is 5.32 Å². The van der Waals surface area contributed by atoms with E-state index in [0.717, 1.165) is 48.2 Å². The first-order chi connectivity index (χ1) is 11.9. The number of anilines is 1. The van der Waals surface area contributed by atoms with Crippen molar-refractivity contribution in [1.82, 2.24) is 19.9 Å². The van der Waals surface area contributed by atoms with Crippen LogP contribution in [-0.4, -0.2) is 39.0 Å². The van der Waals surface area contributed by atoms with Crippen LogP contribution in [0.2, 0.25) is 0 Å². The summed E-state index contributed by atoms with van der Waals surface area (Å²) in [5, 5.41) is 3.03. The van der Waals surface area contributed by atoms with E-state index >= 15 is 0 Å². The summed E-state index contributed by atoms with van der Waals surface area (Å²) in [6.07, 6.45) is 2.04. The zero-order valence-electron chi connectivity index (χ0n) is 13.3. The van der Waals surface area contributed by atoms with Gasteiger partial charge in [-0.05, 0) is 53.0 Å². The number of nitrogens with one attached hydrogen (secondary N) is 1. The van der Waals surface area contributed by atoms with Gasteiger partial charge in [-0.1, -0.05) is 0 Å². The number of nitrogens with zero attached hydrogens (tertiary/aromatic N) is 4. The average Bonchev–Trinajstić information content (AvgIpc) is 2.55. The standard InChI is InChI=1S/C16H17BrF3N5/c17-12-6-11(7-21-8-12)9-25-5-1-2-13(10-25)23-15-22-4-3-14(24-15)16(18,19)20/h3-4,6-8,13H,1-2,5,9-10H2,(H,22,23,24). The Morgan fingerprint density at radius 2 is 2.16 bits per heavy atom. The summed E-state index contributed by atoms with van der Waals surface area (Å²) in [5.74, 6) is 0.0193. The van der Waals surface area contributed by atoms with Crippen molar-refractivity contribution in [2.24, 2.45) is 0 Å². The Balaban J connectivity index is 1.62. The first-order valence-electron chi connectivity index (χ1n) is 7.89. The van der Waals surface area contributed by atoms with E-state index in [0.29, 0.717) is 6.54 Å². The largest absolute Gasteiger partial charge is 0.433 e. The molecule has 25 heavy (non-hydrogen) atoms. The van der Waals surface area contributed by atoms with Crippen LogP contribution in [0.15, 0.2) is 35.2 Å². The normalized spacial score (nSPS) is 19.0. The second-order valence-corrected chi connectivity index (χ2v) is 6.91. The lowest BCUT2D eigenvalue weighted by Gasteiger charge is -2.33. The molecule has 3 heterocycles. The van der Waals surface area contributed by atoms with Crippen molar-refractivity contribution in [2.45, 2.75) is 31.6 Å². The second kappa shape index (κ2) is 7.65. The summed E-state index contributed by atoms with van der Waals surface area (Å²) < 4.78 is 39.2. The Labute approximate surface area is 151 Å². The van der Waals surface area contributed by atoms with Crippen LogP contribution in [0.3, 0.4) is 0 Å². The molecule has 1 N–H and O–H groups in total. The van der Waals surface area contributed by atoms with Crippen LogP contribution in [0.5, 0.6) is 0 Å². The van der Waals surface area contributed by atoms with E-state index in [1.165, 1.54) is 0 Å². The highest BCUT2D eigenvalue weighted by Gasteiger charge is 2.33. The summed E-state index contributed by atoms with van der Waals surface area (Å²) in [6, 6.07) is 2.90. The highest BCUT2D eigenvalue weighted by atomic mass is 79.9. The molecule has 0 spiro atoms. The number of aromatic nitrogens is 3. The number of hydrogen-bond acceptors (Lipinski definition) is 5. The molecule has 0 radical (unpaired) electrons. The maximum atomic E-state index is 12.7. The summed E-state index contributed by atoms with van der Waals surface area (Å²) in [4.78, 5) is 13.9. The molecule has 2 aromatic heterocycles. The van der Waals surface area contributed by atoms with Crippen molar-refractivity contribution in [2.75, 3.05) is 18.4 Å². The van der Waals surface area contributed by atoms with E-state index in [1.54, 1.807) is 6.20 Å². The van der Waals surface area contributed by atoms with E-state index in [4.69, 9.17) is 0 Å². The third-order valence-corrected chi connectivity index (χ3v) is 4.39.